The minimum atomic E-state index is -0.257. The summed E-state index contributed by atoms with van der Waals surface area (Å²) in [6, 6.07) is 7.68. The van der Waals surface area contributed by atoms with E-state index in [0.29, 0.717) is 19.4 Å². The molecule has 0 aliphatic heterocycles. The Morgan fingerprint density at radius 2 is 1.40 bits per heavy atom. The van der Waals surface area contributed by atoms with Crippen LogP contribution in [0.25, 0.3) is 0 Å². The molecule has 3 nitrogen and oxygen atoms in total. The molecule has 1 aromatic carbocycles. The molecule has 0 fully saturated rings. The minimum absolute atomic E-state index is 0.231. The molecule has 0 aromatic heterocycles. The van der Waals surface area contributed by atoms with E-state index >= 15 is 0 Å². The second kappa shape index (κ2) is 13.6. The molecule has 0 aliphatic carbocycles. The van der Waals surface area contributed by atoms with Gasteiger partial charge in [0.05, 0.1) is 6.61 Å². The molecular formula is C22H34O3. The Bertz CT molecular complexity index is 490. The highest BCUT2D eigenvalue weighted by Gasteiger charge is 2.06. The zero-order valence-corrected chi connectivity index (χ0v) is 16.0. The van der Waals surface area contributed by atoms with Gasteiger partial charge in [-0.3, -0.25) is 9.59 Å². The lowest BCUT2D eigenvalue weighted by Gasteiger charge is -2.05. The van der Waals surface area contributed by atoms with Gasteiger partial charge in [0, 0.05) is 25.3 Å². The summed E-state index contributed by atoms with van der Waals surface area (Å²) in [4.78, 5) is 22.9. The van der Waals surface area contributed by atoms with Crippen molar-refractivity contribution < 1.29 is 14.3 Å². The van der Waals surface area contributed by atoms with E-state index in [2.05, 4.69) is 6.92 Å². The molecule has 0 unspecified atom stereocenters. The fourth-order valence-corrected chi connectivity index (χ4v) is 2.91. The van der Waals surface area contributed by atoms with Gasteiger partial charge in [0.15, 0.2) is 5.78 Å². The molecule has 0 bridgehead atoms. The molecule has 0 radical (unpaired) electrons. The third kappa shape index (κ3) is 10.8. The number of benzene rings is 1. The number of ether oxygens (including phenoxy) is 1. The van der Waals surface area contributed by atoms with E-state index in [9.17, 15) is 9.59 Å². The summed E-state index contributed by atoms with van der Waals surface area (Å²) in [5, 5.41) is 0. The van der Waals surface area contributed by atoms with E-state index < -0.39 is 0 Å². The number of Topliss-reactive ketones (excluding diaryl/α,β-unsaturated/α-hetero) is 1. The van der Waals surface area contributed by atoms with Gasteiger partial charge >= 0.3 is 5.97 Å². The summed E-state index contributed by atoms with van der Waals surface area (Å²) in [6.07, 6.45) is 12.7. The molecule has 0 heterocycles. The quantitative estimate of drug-likeness (QED) is 0.239. The SMILES string of the molecule is CCCCCCCCCCCC(=O)c1ccc(CCOC(C)=O)cc1. The van der Waals surface area contributed by atoms with Crippen LogP contribution in [-0.2, 0) is 16.0 Å². The normalized spacial score (nSPS) is 10.6. The lowest BCUT2D eigenvalue weighted by atomic mass is 10.0. The average molecular weight is 347 g/mol. The van der Waals surface area contributed by atoms with Crippen LogP contribution in [0.4, 0.5) is 0 Å². The van der Waals surface area contributed by atoms with Crippen LogP contribution in [0, 0.1) is 0 Å². The Labute approximate surface area is 153 Å². The lowest BCUT2D eigenvalue weighted by Crippen LogP contribution is -2.04. The first-order valence-corrected chi connectivity index (χ1v) is 9.89. The smallest absolute Gasteiger partial charge is 0.302 e. The van der Waals surface area contributed by atoms with Crippen LogP contribution in [0.3, 0.4) is 0 Å². The van der Waals surface area contributed by atoms with Crippen LogP contribution in [0.2, 0.25) is 0 Å². The highest BCUT2D eigenvalue weighted by atomic mass is 16.5. The standard InChI is InChI=1S/C22H34O3/c1-3-4-5-6-7-8-9-10-11-12-22(24)21-15-13-20(14-16-21)17-18-25-19(2)23/h13-16H,3-12,17-18H2,1-2H3. The molecule has 1 aromatic rings. The first-order chi connectivity index (χ1) is 12.1. The van der Waals surface area contributed by atoms with Crippen molar-refractivity contribution in [2.45, 2.75) is 84.5 Å². The summed E-state index contributed by atoms with van der Waals surface area (Å²) < 4.78 is 4.93. The maximum Gasteiger partial charge on any atom is 0.302 e. The van der Waals surface area contributed by atoms with Gasteiger partial charge in [-0.25, -0.2) is 0 Å². The number of hydrogen-bond acceptors (Lipinski definition) is 3. The lowest BCUT2D eigenvalue weighted by molar-refractivity contribution is -0.140. The average Bonchev–Trinajstić information content (AvgIpc) is 2.60. The van der Waals surface area contributed by atoms with Crippen molar-refractivity contribution in [2.75, 3.05) is 6.61 Å². The third-order valence-electron chi connectivity index (χ3n) is 4.48. The second-order valence-corrected chi connectivity index (χ2v) is 6.79. The van der Waals surface area contributed by atoms with E-state index in [-0.39, 0.29) is 11.8 Å². The summed E-state index contributed by atoms with van der Waals surface area (Å²) in [5.41, 5.74) is 1.87. The molecule has 25 heavy (non-hydrogen) atoms. The summed E-state index contributed by atoms with van der Waals surface area (Å²) in [5.74, 6) is -0.0257. The zero-order valence-electron chi connectivity index (χ0n) is 16.0. The predicted molar refractivity (Wildman–Crippen MR) is 103 cm³/mol. The van der Waals surface area contributed by atoms with E-state index in [4.69, 9.17) is 4.74 Å². The largest absolute Gasteiger partial charge is 0.466 e. The third-order valence-corrected chi connectivity index (χ3v) is 4.48. The van der Waals surface area contributed by atoms with E-state index in [1.807, 2.05) is 24.3 Å². The molecule has 0 saturated carbocycles. The number of ketones is 1. The summed E-state index contributed by atoms with van der Waals surface area (Å²) in [7, 11) is 0. The molecule has 1 rings (SSSR count). The zero-order chi connectivity index (χ0) is 18.3. The van der Waals surface area contributed by atoms with Gasteiger partial charge in [-0.05, 0) is 12.0 Å². The number of rotatable bonds is 14. The number of esters is 1. The topological polar surface area (TPSA) is 43.4 Å². The van der Waals surface area contributed by atoms with Crippen LogP contribution >= 0.6 is 0 Å². The van der Waals surface area contributed by atoms with Crippen LogP contribution < -0.4 is 0 Å². The second-order valence-electron chi connectivity index (χ2n) is 6.79. The fraction of sp³-hybridized carbons (Fsp3) is 0.636. The number of unbranched alkanes of at least 4 members (excludes halogenated alkanes) is 8. The first kappa shape index (κ1) is 21.4. The summed E-state index contributed by atoms with van der Waals surface area (Å²) in [6.45, 7) is 4.04. The van der Waals surface area contributed by atoms with Crippen LogP contribution in [-0.4, -0.2) is 18.4 Å². The van der Waals surface area contributed by atoms with Gasteiger partial charge < -0.3 is 4.74 Å². The Morgan fingerprint density at radius 1 is 0.840 bits per heavy atom. The van der Waals surface area contributed by atoms with Crippen LogP contribution in [0.5, 0.6) is 0 Å². The van der Waals surface area contributed by atoms with Crippen LogP contribution in [0.15, 0.2) is 24.3 Å². The van der Waals surface area contributed by atoms with Gasteiger partial charge in [-0.2, -0.15) is 0 Å². The molecule has 0 saturated heterocycles. The van der Waals surface area contributed by atoms with Crippen molar-refractivity contribution in [3.05, 3.63) is 35.4 Å². The van der Waals surface area contributed by atoms with E-state index in [1.54, 1.807) is 0 Å². The maximum absolute atomic E-state index is 12.2. The monoisotopic (exact) mass is 346 g/mol. The molecule has 0 N–H and O–H groups in total. The molecule has 0 atom stereocenters. The Morgan fingerprint density at radius 3 is 1.96 bits per heavy atom. The first-order valence-electron chi connectivity index (χ1n) is 9.89. The van der Waals surface area contributed by atoms with Gasteiger partial charge in [-0.1, -0.05) is 82.6 Å². The van der Waals surface area contributed by atoms with Gasteiger partial charge in [-0.15, -0.1) is 0 Å². The Kier molecular flexibility index (Phi) is 11.7. The number of carbonyl (C=O) groups is 2. The van der Waals surface area contributed by atoms with E-state index in [0.717, 1.165) is 24.0 Å². The van der Waals surface area contributed by atoms with E-state index in [1.165, 1.54) is 51.9 Å². The van der Waals surface area contributed by atoms with Crippen molar-refractivity contribution in [3.63, 3.8) is 0 Å². The number of carbonyl (C=O) groups excluding carboxylic acids is 2. The van der Waals surface area contributed by atoms with Gasteiger partial charge in [0.1, 0.15) is 0 Å². The Balaban J connectivity index is 2.13. The fourth-order valence-electron chi connectivity index (χ4n) is 2.91. The van der Waals surface area contributed by atoms with Crippen molar-refractivity contribution in [3.8, 4) is 0 Å². The van der Waals surface area contributed by atoms with Crippen LogP contribution in [0.1, 0.15) is 94.0 Å². The highest BCUT2D eigenvalue weighted by Crippen LogP contribution is 2.13. The van der Waals surface area contributed by atoms with Gasteiger partial charge in [0.25, 0.3) is 0 Å². The van der Waals surface area contributed by atoms with Gasteiger partial charge in [0.2, 0.25) is 0 Å². The molecule has 0 spiro atoms. The van der Waals surface area contributed by atoms with Crippen molar-refractivity contribution in [2.24, 2.45) is 0 Å². The number of hydrogen-bond donors (Lipinski definition) is 0. The molecular weight excluding hydrogens is 312 g/mol. The molecule has 140 valence electrons. The molecule has 0 aliphatic rings. The molecule has 3 heteroatoms. The highest BCUT2D eigenvalue weighted by molar-refractivity contribution is 5.96. The van der Waals surface area contributed by atoms with Crippen molar-refractivity contribution >= 4 is 11.8 Å². The predicted octanol–water partition coefficient (Wildman–Crippen LogP) is 5.90. The summed E-state index contributed by atoms with van der Waals surface area (Å²) >= 11 is 0. The van der Waals surface area contributed by atoms with Crippen molar-refractivity contribution in [1.82, 2.24) is 0 Å². The maximum atomic E-state index is 12.2. The Hall–Kier alpha value is -1.64. The minimum Gasteiger partial charge on any atom is -0.466 e. The van der Waals surface area contributed by atoms with Crippen molar-refractivity contribution in [1.29, 1.82) is 0 Å². The molecule has 0 amide bonds.